The molecule has 0 aromatic heterocycles. The lowest BCUT2D eigenvalue weighted by Crippen LogP contribution is -2.46. The van der Waals surface area contributed by atoms with Gasteiger partial charge in [0.2, 0.25) is 0 Å². The topological polar surface area (TPSA) is 61.4 Å². The Balaban J connectivity index is 2.01. The molecule has 3 N–H and O–H groups in total. The Morgan fingerprint density at radius 3 is 3.00 bits per heavy atom. The van der Waals surface area contributed by atoms with E-state index in [0.717, 1.165) is 24.8 Å². The van der Waals surface area contributed by atoms with Gasteiger partial charge < -0.3 is 15.7 Å². The Morgan fingerprint density at radius 1 is 1.55 bits per heavy atom. The highest BCUT2D eigenvalue weighted by atomic mass is 35.5. The zero-order valence-electron chi connectivity index (χ0n) is 11.9. The number of aliphatic hydroxyl groups excluding tert-OH is 1. The number of urea groups is 1. The van der Waals surface area contributed by atoms with Crippen LogP contribution < -0.4 is 10.6 Å². The summed E-state index contributed by atoms with van der Waals surface area (Å²) >= 11 is 6.06. The first kappa shape index (κ1) is 15.1. The minimum Gasteiger partial charge on any atom is -0.396 e. The van der Waals surface area contributed by atoms with E-state index in [1.54, 1.807) is 6.07 Å². The maximum atomic E-state index is 12.1. The van der Waals surface area contributed by atoms with Gasteiger partial charge in [-0.2, -0.15) is 0 Å². The second-order valence-electron chi connectivity index (χ2n) is 5.84. The zero-order chi connectivity index (χ0) is 14.8. The summed E-state index contributed by atoms with van der Waals surface area (Å²) < 4.78 is 0. The first-order chi connectivity index (χ1) is 9.44. The number of anilines is 1. The molecule has 110 valence electrons. The van der Waals surface area contributed by atoms with E-state index in [0.29, 0.717) is 10.7 Å². The van der Waals surface area contributed by atoms with E-state index in [-0.39, 0.29) is 24.1 Å². The number of aliphatic hydroxyl groups is 1. The molecule has 0 spiro atoms. The Morgan fingerprint density at radius 2 is 2.30 bits per heavy atom. The van der Waals surface area contributed by atoms with E-state index < -0.39 is 0 Å². The van der Waals surface area contributed by atoms with Crippen LogP contribution >= 0.6 is 11.6 Å². The van der Waals surface area contributed by atoms with E-state index >= 15 is 0 Å². The highest BCUT2D eigenvalue weighted by molar-refractivity contribution is 6.33. The Kier molecular flexibility index (Phi) is 4.55. The Labute approximate surface area is 124 Å². The highest BCUT2D eigenvalue weighted by Gasteiger charge is 2.39. The van der Waals surface area contributed by atoms with Gasteiger partial charge in [-0.15, -0.1) is 0 Å². The lowest BCUT2D eigenvalue weighted by molar-refractivity contribution is 0.122. The Bertz CT molecular complexity index is 507. The van der Waals surface area contributed by atoms with Crippen molar-refractivity contribution >= 4 is 23.3 Å². The fraction of sp³-hybridized carbons (Fsp3) is 0.533. The van der Waals surface area contributed by atoms with Crippen LogP contribution in [0.5, 0.6) is 0 Å². The fourth-order valence-corrected chi connectivity index (χ4v) is 2.88. The Hall–Kier alpha value is -1.26. The first-order valence-electron chi connectivity index (χ1n) is 6.89. The lowest BCUT2D eigenvalue weighted by atomic mass is 9.86. The molecule has 1 fully saturated rings. The second kappa shape index (κ2) is 6.02. The van der Waals surface area contributed by atoms with Gasteiger partial charge in [-0.25, -0.2) is 4.79 Å². The molecule has 1 aromatic rings. The lowest BCUT2D eigenvalue weighted by Gasteiger charge is -2.30. The molecule has 1 saturated carbocycles. The molecule has 2 unspecified atom stereocenters. The van der Waals surface area contributed by atoms with E-state index in [4.69, 9.17) is 11.6 Å². The molecule has 1 aliphatic rings. The predicted molar refractivity (Wildman–Crippen MR) is 81.2 cm³/mol. The minimum atomic E-state index is -0.274. The van der Waals surface area contributed by atoms with Crippen molar-refractivity contribution < 1.29 is 9.90 Å². The molecule has 0 radical (unpaired) electrons. The van der Waals surface area contributed by atoms with Gasteiger partial charge in [-0.1, -0.05) is 31.0 Å². The third-order valence-electron chi connectivity index (χ3n) is 4.12. The standard InChI is InChI=1S/C15H21ClN2O2/c1-10-5-6-11(16)12(8-10)17-14(20)18-13-4-3-7-15(13,2)9-19/h5-6,8,13,19H,3-4,7,9H2,1-2H3,(H2,17,18,20). The normalized spacial score (nSPS) is 25.5. The maximum Gasteiger partial charge on any atom is 0.319 e. The number of nitrogens with one attached hydrogen (secondary N) is 2. The van der Waals surface area contributed by atoms with Crippen LogP contribution in [0, 0.1) is 12.3 Å². The molecular weight excluding hydrogens is 276 g/mol. The van der Waals surface area contributed by atoms with Gasteiger partial charge in [0, 0.05) is 11.5 Å². The van der Waals surface area contributed by atoms with E-state index in [2.05, 4.69) is 10.6 Å². The molecule has 5 heteroatoms. The molecular formula is C15H21ClN2O2. The summed E-state index contributed by atoms with van der Waals surface area (Å²) in [6, 6.07) is 5.22. The summed E-state index contributed by atoms with van der Waals surface area (Å²) in [5, 5.41) is 15.7. The van der Waals surface area contributed by atoms with Crippen molar-refractivity contribution in [3.05, 3.63) is 28.8 Å². The van der Waals surface area contributed by atoms with Gasteiger partial charge in [0.25, 0.3) is 0 Å². The number of hydrogen-bond donors (Lipinski definition) is 3. The smallest absolute Gasteiger partial charge is 0.319 e. The van der Waals surface area contributed by atoms with Crippen molar-refractivity contribution in [2.45, 2.75) is 39.2 Å². The van der Waals surface area contributed by atoms with Gasteiger partial charge in [0.1, 0.15) is 0 Å². The molecule has 20 heavy (non-hydrogen) atoms. The van der Waals surface area contributed by atoms with Crippen LogP contribution in [-0.4, -0.2) is 23.8 Å². The van der Waals surface area contributed by atoms with Crippen LogP contribution in [0.15, 0.2) is 18.2 Å². The molecule has 2 amide bonds. The monoisotopic (exact) mass is 296 g/mol. The van der Waals surface area contributed by atoms with Crippen LogP contribution in [0.3, 0.4) is 0 Å². The molecule has 1 aromatic carbocycles. The van der Waals surface area contributed by atoms with E-state index in [1.807, 2.05) is 26.0 Å². The summed E-state index contributed by atoms with van der Waals surface area (Å²) in [6.45, 7) is 4.03. The first-order valence-corrected chi connectivity index (χ1v) is 7.27. The SMILES string of the molecule is Cc1ccc(Cl)c(NC(=O)NC2CCCC2(C)CO)c1. The van der Waals surface area contributed by atoms with E-state index in [9.17, 15) is 9.90 Å². The number of rotatable bonds is 3. The molecule has 1 aliphatic carbocycles. The number of hydrogen-bond acceptors (Lipinski definition) is 2. The number of amides is 2. The number of carbonyl (C=O) groups is 1. The van der Waals surface area contributed by atoms with Crippen LogP contribution in [-0.2, 0) is 0 Å². The van der Waals surface area contributed by atoms with Crippen LogP contribution in [0.1, 0.15) is 31.7 Å². The third-order valence-corrected chi connectivity index (χ3v) is 4.45. The van der Waals surface area contributed by atoms with Gasteiger partial charge in [-0.3, -0.25) is 0 Å². The van der Waals surface area contributed by atoms with E-state index in [1.165, 1.54) is 0 Å². The van der Waals surface area contributed by atoms with Crippen molar-refractivity contribution in [1.82, 2.24) is 5.32 Å². The molecule has 0 saturated heterocycles. The van der Waals surface area contributed by atoms with Crippen LogP contribution in [0.25, 0.3) is 0 Å². The summed E-state index contributed by atoms with van der Waals surface area (Å²) in [4.78, 5) is 12.1. The summed E-state index contributed by atoms with van der Waals surface area (Å²) in [6.07, 6.45) is 2.85. The van der Waals surface area contributed by atoms with Crippen molar-refractivity contribution in [2.75, 3.05) is 11.9 Å². The maximum absolute atomic E-state index is 12.1. The number of carbonyl (C=O) groups excluding carboxylic acids is 1. The van der Waals surface area contributed by atoms with Crippen molar-refractivity contribution in [3.8, 4) is 0 Å². The third kappa shape index (κ3) is 3.25. The summed E-state index contributed by atoms with van der Waals surface area (Å²) in [5.41, 5.74) is 1.41. The average Bonchev–Trinajstić information content (AvgIpc) is 2.76. The van der Waals surface area contributed by atoms with Gasteiger partial charge in [0.15, 0.2) is 0 Å². The van der Waals surface area contributed by atoms with Crippen LogP contribution in [0.2, 0.25) is 5.02 Å². The minimum absolute atomic E-state index is 0.00363. The van der Waals surface area contributed by atoms with Gasteiger partial charge >= 0.3 is 6.03 Å². The molecule has 0 heterocycles. The van der Waals surface area contributed by atoms with Crippen molar-refractivity contribution in [3.63, 3.8) is 0 Å². The van der Waals surface area contributed by atoms with Gasteiger partial charge in [0.05, 0.1) is 17.3 Å². The molecule has 0 aliphatic heterocycles. The highest BCUT2D eigenvalue weighted by Crippen LogP contribution is 2.37. The molecule has 0 bridgehead atoms. The number of halogens is 1. The summed E-state index contributed by atoms with van der Waals surface area (Å²) in [7, 11) is 0. The molecule has 2 rings (SSSR count). The van der Waals surface area contributed by atoms with Crippen molar-refractivity contribution in [2.24, 2.45) is 5.41 Å². The largest absolute Gasteiger partial charge is 0.396 e. The average molecular weight is 297 g/mol. The van der Waals surface area contributed by atoms with Crippen molar-refractivity contribution in [1.29, 1.82) is 0 Å². The predicted octanol–water partition coefficient (Wildman–Crippen LogP) is 3.32. The quantitative estimate of drug-likeness (QED) is 0.801. The number of aryl methyl sites for hydroxylation is 1. The molecule has 4 nitrogen and oxygen atoms in total. The van der Waals surface area contributed by atoms with Gasteiger partial charge in [-0.05, 0) is 37.5 Å². The summed E-state index contributed by atoms with van der Waals surface area (Å²) in [5.74, 6) is 0. The second-order valence-corrected chi connectivity index (χ2v) is 6.25. The fourth-order valence-electron chi connectivity index (χ4n) is 2.72. The number of benzene rings is 1. The van der Waals surface area contributed by atoms with Crippen LogP contribution in [0.4, 0.5) is 10.5 Å². The zero-order valence-corrected chi connectivity index (χ0v) is 12.6. The molecule has 2 atom stereocenters.